The Hall–Kier alpha value is -2.06. The standard InChI is InChI=1S/C24H28ClN5OS/c1-16-9-10-20-22(16)17-13-28(19-8-4-3-7-18(19)25)14-21-29(23(17)32(20)2)15-26-30(21)24(31)27-11-5-6-12-27/h3-4,7-10,13,16,21,26H,5-6,11-12,14-15H2,1-2H3. The van der Waals surface area contributed by atoms with Crippen LogP contribution in [0.2, 0.25) is 5.02 Å². The van der Waals surface area contributed by atoms with Gasteiger partial charge in [0, 0.05) is 35.7 Å². The fourth-order valence-corrected chi connectivity index (χ4v) is 7.90. The molecule has 32 heavy (non-hydrogen) atoms. The van der Waals surface area contributed by atoms with E-state index < -0.39 is 0 Å². The highest BCUT2D eigenvalue weighted by Crippen LogP contribution is 2.50. The summed E-state index contributed by atoms with van der Waals surface area (Å²) in [5.41, 5.74) is 7.13. The van der Waals surface area contributed by atoms with Gasteiger partial charge in [-0.1, -0.05) is 42.8 Å². The van der Waals surface area contributed by atoms with Crippen LogP contribution in [0.25, 0.3) is 0 Å². The summed E-state index contributed by atoms with van der Waals surface area (Å²) in [6.07, 6.45) is 11.3. The van der Waals surface area contributed by atoms with Gasteiger partial charge in [0.25, 0.3) is 0 Å². The lowest BCUT2D eigenvalue weighted by atomic mass is 9.97. The number of carbonyl (C=O) groups excluding carboxylic acids is 1. The van der Waals surface area contributed by atoms with Crippen LogP contribution in [0.4, 0.5) is 10.5 Å². The molecule has 2 fully saturated rings. The lowest BCUT2D eigenvalue weighted by Gasteiger charge is -2.33. The maximum Gasteiger partial charge on any atom is 0.335 e. The number of hydrogen-bond acceptors (Lipinski definition) is 4. The normalized spacial score (nSPS) is 29.5. The Labute approximate surface area is 196 Å². The average molecular weight is 470 g/mol. The minimum atomic E-state index is -0.0996. The number of amides is 2. The van der Waals surface area contributed by atoms with Gasteiger partial charge in [-0.15, -0.1) is 10.5 Å². The predicted octanol–water partition coefficient (Wildman–Crippen LogP) is 4.17. The molecule has 2 amide bonds. The zero-order valence-corrected chi connectivity index (χ0v) is 20.0. The van der Waals surface area contributed by atoms with Crippen molar-refractivity contribution in [1.82, 2.24) is 20.2 Å². The second-order valence-electron chi connectivity index (χ2n) is 9.00. The van der Waals surface area contributed by atoms with Gasteiger partial charge in [0.15, 0.2) is 0 Å². The minimum Gasteiger partial charge on any atom is -0.343 e. The summed E-state index contributed by atoms with van der Waals surface area (Å²) in [5, 5.41) is 2.58. The lowest BCUT2D eigenvalue weighted by Crippen LogP contribution is -2.54. The van der Waals surface area contributed by atoms with E-state index in [1.165, 1.54) is 21.0 Å². The summed E-state index contributed by atoms with van der Waals surface area (Å²) in [5.74, 6) is 0.395. The molecule has 6 rings (SSSR count). The van der Waals surface area contributed by atoms with Crippen LogP contribution in [0.5, 0.6) is 0 Å². The van der Waals surface area contributed by atoms with E-state index in [0.717, 1.165) is 36.6 Å². The van der Waals surface area contributed by atoms with E-state index in [4.69, 9.17) is 11.6 Å². The molecule has 168 valence electrons. The Morgan fingerprint density at radius 3 is 2.78 bits per heavy atom. The molecule has 0 bridgehead atoms. The Kier molecular flexibility index (Phi) is 4.98. The molecule has 0 saturated carbocycles. The molecule has 1 N–H and O–H groups in total. The first-order valence-corrected chi connectivity index (χ1v) is 13.3. The van der Waals surface area contributed by atoms with Crippen LogP contribution in [-0.2, 0) is 0 Å². The van der Waals surface area contributed by atoms with Gasteiger partial charge < -0.3 is 9.80 Å². The predicted molar refractivity (Wildman–Crippen MR) is 132 cm³/mol. The Bertz CT molecular complexity index is 1120. The molecule has 4 aliphatic heterocycles. The van der Waals surface area contributed by atoms with Crippen molar-refractivity contribution in [2.45, 2.75) is 25.9 Å². The number of halogens is 1. The molecule has 3 unspecified atom stereocenters. The molecule has 8 heteroatoms. The number of para-hydroxylation sites is 1. The minimum absolute atomic E-state index is 0.0281. The molecule has 5 aliphatic rings. The zero-order valence-electron chi connectivity index (χ0n) is 18.4. The molecule has 4 heterocycles. The molecular weight excluding hydrogens is 442 g/mol. The van der Waals surface area contributed by atoms with Crippen molar-refractivity contribution in [2.24, 2.45) is 5.92 Å². The highest BCUT2D eigenvalue weighted by molar-refractivity contribution is 8.19. The Morgan fingerprint density at radius 2 is 2.00 bits per heavy atom. The van der Waals surface area contributed by atoms with E-state index in [0.29, 0.717) is 19.1 Å². The van der Waals surface area contributed by atoms with Gasteiger partial charge in [-0.3, -0.25) is 0 Å². The smallest absolute Gasteiger partial charge is 0.335 e. The number of hydrogen-bond donors (Lipinski definition) is 1. The monoisotopic (exact) mass is 469 g/mol. The highest BCUT2D eigenvalue weighted by Gasteiger charge is 2.46. The van der Waals surface area contributed by atoms with Crippen LogP contribution in [0.15, 0.2) is 58.7 Å². The number of anilines is 1. The van der Waals surface area contributed by atoms with Gasteiger partial charge in [0.1, 0.15) is 6.17 Å². The summed E-state index contributed by atoms with van der Waals surface area (Å²) < 4.78 is 0. The second-order valence-corrected chi connectivity index (χ2v) is 11.3. The molecule has 3 atom stereocenters. The zero-order chi connectivity index (χ0) is 22.0. The first-order valence-electron chi connectivity index (χ1n) is 11.3. The molecular formula is C24H28ClN5OS. The average Bonchev–Trinajstić information content (AvgIpc) is 3.55. The van der Waals surface area contributed by atoms with Crippen LogP contribution in [0.3, 0.4) is 0 Å². The third kappa shape index (κ3) is 3.02. The van der Waals surface area contributed by atoms with E-state index in [2.05, 4.69) is 52.8 Å². The van der Waals surface area contributed by atoms with Gasteiger partial charge >= 0.3 is 6.03 Å². The molecule has 1 aromatic carbocycles. The first kappa shape index (κ1) is 20.5. The van der Waals surface area contributed by atoms with E-state index >= 15 is 0 Å². The fraction of sp³-hybridized carbons (Fsp3) is 0.417. The summed E-state index contributed by atoms with van der Waals surface area (Å²) in [6.45, 7) is 5.25. The van der Waals surface area contributed by atoms with Gasteiger partial charge in [0.2, 0.25) is 0 Å². The number of nitrogens with one attached hydrogen (secondary N) is 1. The number of urea groups is 1. The van der Waals surface area contributed by atoms with Crippen molar-refractivity contribution in [3.63, 3.8) is 0 Å². The van der Waals surface area contributed by atoms with Gasteiger partial charge in [0.05, 0.1) is 28.9 Å². The number of fused-ring (bicyclic) bond motifs is 4. The number of rotatable bonds is 1. The number of carbonyl (C=O) groups is 1. The van der Waals surface area contributed by atoms with E-state index in [1.54, 1.807) is 0 Å². The second kappa shape index (κ2) is 7.76. The van der Waals surface area contributed by atoms with Crippen molar-refractivity contribution in [2.75, 3.05) is 37.5 Å². The summed E-state index contributed by atoms with van der Waals surface area (Å²) in [4.78, 5) is 22.8. The van der Waals surface area contributed by atoms with E-state index in [-0.39, 0.29) is 22.7 Å². The first-order chi connectivity index (χ1) is 15.5. The number of nitrogens with zero attached hydrogens (tertiary/aromatic N) is 4. The SMILES string of the molecule is CC1C=CC2=C1C1=CN(c3ccccc3Cl)CC3N(CNN3C(=O)N3CCCC3)C1=S2C. The van der Waals surface area contributed by atoms with Crippen molar-refractivity contribution in [3.8, 4) is 0 Å². The van der Waals surface area contributed by atoms with Gasteiger partial charge in [-0.05, 0) is 36.8 Å². The number of likely N-dealkylation sites (tertiary alicyclic amines) is 1. The molecule has 0 aromatic heterocycles. The number of hydrazine groups is 1. The van der Waals surface area contributed by atoms with Crippen molar-refractivity contribution in [3.05, 3.63) is 63.7 Å². The lowest BCUT2D eigenvalue weighted by molar-refractivity contribution is 0.125. The van der Waals surface area contributed by atoms with Crippen molar-refractivity contribution in [1.29, 1.82) is 0 Å². The van der Waals surface area contributed by atoms with Crippen LogP contribution in [0.1, 0.15) is 19.8 Å². The van der Waals surface area contributed by atoms with E-state index in [1.807, 2.05) is 28.1 Å². The van der Waals surface area contributed by atoms with Crippen LogP contribution in [-0.4, -0.2) is 64.6 Å². The summed E-state index contributed by atoms with van der Waals surface area (Å²) in [6, 6.07) is 8.07. The number of allylic oxidation sites excluding steroid dienone is 2. The molecule has 0 radical (unpaired) electrons. The topological polar surface area (TPSA) is 42.1 Å². The Morgan fingerprint density at radius 1 is 1.22 bits per heavy atom. The summed E-state index contributed by atoms with van der Waals surface area (Å²) >= 11 is 6.65. The summed E-state index contributed by atoms with van der Waals surface area (Å²) in [7, 11) is -0.0281. The third-order valence-corrected chi connectivity index (χ3v) is 9.49. The van der Waals surface area contributed by atoms with Crippen molar-refractivity contribution < 1.29 is 4.79 Å². The van der Waals surface area contributed by atoms with Gasteiger partial charge in [-0.2, -0.15) is 0 Å². The molecule has 0 spiro atoms. The maximum atomic E-state index is 13.4. The molecule has 2 saturated heterocycles. The van der Waals surface area contributed by atoms with Crippen LogP contribution < -0.4 is 10.3 Å². The fourth-order valence-electron chi connectivity index (χ4n) is 5.51. The molecule has 1 aliphatic carbocycles. The van der Waals surface area contributed by atoms with E-state index in [9.17, 15) is 4.79 Å². The Balaban J connectivity index is 1.46. The van der Waals surface area contributed by atoms with Crippen LogP contribution in [0, 0.1) is 5.92 Å². The molecule has 1 aromatic rings. The highest BCUT2D eigenvalue weighted by atomic mass is 35.5. The largest absolute Gasteiger partial charge is 0.343 e. The van der Waals surface area contributed by atoms with Crippen LogP contribution >= 0.6 is 22.1 Å². The molecule has 6 nitrogen and oxygen atoms in total. The third-order valence-electron chi connectivity index (χ3n) is 7.12. The number of benzene rings is 1. The quantitative estimate of drug-likeness (QED) is 0.627. The van der Waals surface area contributed by atoms with Crippen molar-refractivity contribution >= 4 is 38.8 Å². The van der Waals surface area contributed by atoms with Gasteiger partial charge in [-0.25, -0.2) is 20.1 Å². The maximum absolute atomic E-state index is 13.4.